The van der Waals surface area contributed by atoms with Gasteiger partial charge in [-0.1, -0.05) is 6.92 Å². The Morgan fingerprint density at radius 1 is 1.25 bits per heavy atom. The van der Waals surface area contributed by atoms with Crippen LogP contribution in [0.5, 0.6) is 5.75 Å². The predicted molar refractivity (Wildman–Crippen MR) is 83.6 cm³/mol. The Morgan fingerprint density at radius 2 is 1.85 bits per heavy atom. The number of hydrogen-bond acceptors (Lipinski definition) is 3. The molecule has 0 saturated carbocycles. The summed E-state index contributed by atoms with van der Waals surface area (Å²) in [4.78, 5) is 12.0. The third-order valence-corrected chi connectivity index (χ3v) is 3.43. The standard InChI is InChI=1S/C15H22N2O2.ClH/c1-10(2)19-14-6-4-13(5-7-14)17-15(18)11(3)12-8-16-9-12;/h4-7,10-12,16H,8-9H2,1-3H3,(H,17,18);1H. The molecule has 0 aliphatic carbocycles. The molecule has 0 aromatic heterocycles. The summed E-state index contributed by atoms with van der Waals surface area (Å²) in [5.74, 6) is 1.42. The molecule has 0 bridgehead atoms. The fourth-order valence-electron chi connectivity index (χ4n) is 2.02. The Hall–Kier alpha value is -1.26. The highest BCUT2D eigenvalue weighted by Gasteiger charge is 2.28. The molecular formula is C15H23ClN2O2. The summed E-state index contributed by atoms with van der Waals surface area (Å²) in [6, 6.07) is 7.51. The van der Waals surface area contributed by atoms with E-state index in [1.165, 1.54) is 0 Å². The second-order valence-electron chi connectivity index (χ2n) is 5.39. The Kier molecular flexibility index (Phi) is 6.30. The van der Waals surface area contributed by atoms with Gasteiger partial charge < -0.3 is 15.4 Å². The monoisotopic (exact) mass is 298 g/mol. The first-order chi connectivity index (χ1) is 9.06. The quantitative estimate of drug-likeness (QED) is 0.879. The van der Waals surface area contributed by atoms with Gasteiger partial charge in [0, 0.05) is 11.6 Å². The molecule has 2 rings (SSSR count). The summed E-state index contributed by atoms with van der Waals surface area (Å²) in [7, 11) is 0. The van der Waals surface area contributed by atoms with E-state index in [2.05, 4.69) is 10.6 Å². The number of rotatable bonds is 5. The van der Waals surface area contributed by atoms with E-state index in [-0.39, 0.29) is 30.3 Å². The van der Waals surface area contributed by atoms with Crippen molar-refractivity contribution in [2.24, 2.45) is 11.8 Å². The molecule has 20 heavy (non-hydrogen) atoms. The molecule has 112 valence electrons. The summed E-state index contributed by atoms with van der Waals surface area (Å²) in [6.07, 6.45) is 0.159. The zero-order valence-electron chi connectivity index (χ0n) is 12.2. The number of anilines is 1. The van der Waals surface area contributed by atoms with E-state index in [4.69, 9.17) is 4.74 Å². The fourth-order valence-corrected chi connectivity index (χ4v) is 2.02. The first kappa shape index (κ1) is 16.8. The first-order valence-electron chi connectivity index (χ1n) is 6.84. The number of nitrogens with one attached hydrogen (secondary N) is 2. The molecule has 1 unspecified atom stereocenters. The van der Waals surface area contributed by atoms with Gasteiger partial charge >= 0.3 is 0 Å². The van der Waals surface area contributed by atoms with Crippen LogP contribution >= 0.6 is 12.4 Å². The lowest BCUT2D eigenvalue weighted by molar-refractivity contribution is -0.121. The van der Waals surface area contributed by atoms with Crippen molar-refractivity contribution in [2.45, 2.75) is 26.9 Å². The number of ether oxygens (including phenoxy) is 1. The van der Waals surface area contributed by atoms with Gasteiger partial charge in [0.1, 0.15) is 5.75 Å². The topological polar surface area (TPSA) is 50.4 Å². The van der Waals surface area contributed by atoms with Gasteiger partial charge in [-0.05, 0) is 57.1 Å². The van der Waals surface area contributed by atoms with Gasteiger partial charge in [0.15, 0.2) is 0 Å². The molecule has 1 saturated heterocycles. The highest BCUT2D eigenvalue weighted by Crippen LogP contribution is 2.20. The molecule has 1 amide bonds. The third-order valence-electron chi connectivity index (χ3n) is 3.43. The van der Waals surface area contributed by atoms with Crippen molar-refractivity contribution < 1.29 is 9.53 Å². The lowest BCUT2D eigenvalue weighted by Crippen LogP contribution is -2.48. The van der Waals surface area contributed by atoms with Crippen LogP contribution in [0, 0.1) is 11.8 Å². The number of carbonyl (C=O) groups is 1. The van der Waals surface area contributed by atoms with E-state index in [9.17, 15) is 4.79 Å². The van der Waals surface area contributed by atoms with E-state index in [0.29, 0.717) is 5.92 Å². The Labute approximate surface area is 126 Å². The number of halogens is 1. The molecule has 1 heterocycles. The van der Waals surface area contributed by atoms with E-state index in [1.807, 2.05) is 45.0 Å². The molecule has 0 radical (unpaired) electrons. The fraction of sp³-hybridized carbons (Fsp3) is 0.533. The summed E-state index contributed by atoms with van der Waals surface area (Å²) in [5.41, 5.74) is 0.820. The van der Waals surface area contributed by atoms with Gasteiger partial charge in [-0.25, -0.2) is 0 Å². The highest BCUT2D eigenvalue weighted by atomic mass is 35.5. The smallest absolute Gasteiger partial charge is 0.227 e. The third kappa shape index (κ3) is 4.39. The normalized spacial score (nSPS) is 16.0. The molecule has 5 heteroatoms. The summed E-state index contributed by atoms with van der Waals surface area (Å²) in [6.45, 7) is 7.84. The molecule has 2 N–H and O–H groups in total. The summed E-state index contributed by atoms with van der Waals surface area (Å²) >= 11 is 0. The van der Waals surface area contributed by atoms with Crippen molar-refractivity contribution >= 4 is 24.0 Å². The van der Waals surface area contributed by atoms with Crippen molar-refractivity contribution in [1.82, 2.24) is 5.32 Å². The van der Waals surface area contributed by atoms with Crippen LogP contribution in [0.25, 0.3) is 0 Å². The zero-order chi connectivity index (χ0) is 13.8. The van der Waals surface area contributed by atoms with Crippen LogP contribution in [0.15, 0.2) is 24.3 Å². The summed E-state index contributed by atoms with van der Waals surface area (Å²) in [5, 5.41) is 6.14. The molecule has 1 aromatic rings. The van der Waals surface area contributed by atoms with Gasteiger partial charge in [0.05, 0.1) is 6.10 Å². The SMILES string of the molecule is CC(C)Oc1ccc(NC(=O)C(C)C2CNC2)cc1.Cl. The van der Waals surface area contributed by atoms with Crippen LogP contribution in [0.2, 0.25) is 0 Å². The average molecular weight is 299 g/mol. The maximum Gasteiger partial charge on any atom is 0.227 e. The van der Waals surface area contributed by atoms with E-state index in [1.54, 1.807) is 0 Å². The van der Waals surface area contributed by atoms with Crippen LogP contribution < -0.4 is 15.4 Å². The molecule has 0 spiro atoms. The zero-order valence-corrected chi connectivity index (χ0v) is 13.0. The molecule has 1 atom stereocenters. The lowest BCUT2D eigenvalue weighted by Gasteiger charge is -2.31. The van der Waals surface area contributed by atoms with Gasteiger partial charge in [-0.2, -0.15) is 0 Å². The molecule has 1 aliphatic heterocycles. The number of amides is 1. The average Bonchev–Trinajstić information content (AvgIpc) is 2.28. The van der Waals surface area contributed by atoms with Gasteiger partial charge in [0.25, 0.3) is 0 Å². The van der Waals surface area contributed by atoms with E-state index >= 15 is 0 Å². The second-order valence-corrected chi connectivity index (χ2v) is 5.39. The predicted octanol–water partition coefficient (Wildman–Crippen LogP) is 2.69. The van der Waals surface area contributed by atoms with E-state index in [0.717, 1.165) is 24.5 Å². The van der Waals surface area contributed by atoms with Crippen LogP contribution in [0.1, 0.15) is 20.8 Å². The minimum Gasteiger partial charge on any atom is -0.491 e. The highest BCUT2D eigenvalue weighted by molar-refractivity contribution is 5.92. The molecule has 1 fully saturated rings. The largest absolute Gasteiger partial charge is 0.491 e. The number of hydrogen-bond donors (Lipinski definition) is 2. The molecule has 4 nitrogen and oxygen atoms in total. The Morgan fingerprint density at radius 3 is 2.30 bits per heavy atom. The molecule has 1 aliphatic rings. The Bertz CT molecular complexity index is 430. The maximum absolute atomic E-state index is 12.0. The minimum absolute atomic E-state index is 0. The maximum atomic E-state index is 12.0. The van der Waals surface area contributed by atoms with Gasteiger partial charge in [-0.15, -0.1) is 12.4 Å². The van der Waals surface area contributed by atoms with Crippen molar-refractivity contribution in [1.29, 1.82) is 0 Å². The Balaban J connectivity index is 0.00000200. The van der Waals surface area contributed by atoms with Crippen molar-refractivity contribution in [3.63, 3.8) is 0 Å². The lowest BCUT2D eigenvalue weighted by atomic mass is 9.88. The van der Waals surface area contributed by atoms with Crippen molar-refractivity contribution in [3.05, 3.63) is 24.3 Å². The second kappa shape index (κ2) is 7.50. The number of carbonyl (C=O) groups excluding carboxylic acids is 1. The van der Waals surface area contributed by atoms with E-state index < -0.39 is 0 Å². The summed E-state index contributed by atoms with van der Waals surface area (Å²) < 4.78 is 5.57. The van der Waals surface area contributed by atoms with Crippen LogP contribution in [-0.2, 0) is 4.79 Å². The first-order valence-corrected chi connectivity index (χ1v) is 6.84. The van der Waals surface area contributed by atoms with Gasteiger partial charge in [0.2, 0.25) is 5.91 Å². The minimum atomic E-state index is 0. The molecule has 1 aromatic carbocycles. The molecular weight excluding hydrogens is 276 g/mol. The van der Waals surface area contributed by atoms with Crippen LogP contribution in [0.4, 0.5) is 5.69 Å². The van der Waals surface area contributed by atoms with Gasteiger partial charge in [-0.3, -0.25) is 4.79 Å². The number of benzene rings is 1. The van der Waals surface area contributed by atoms with Crippen molar-refractivity contribution in [3.8, 4) is 5.75 Å². The van der Waals surface area contributed by atoms with Crippen molar-refractivity contribution in [2.75, 3.05) is 18.4 Å². The van der Waals surface area contributed by atoms with Crippen LogP contribution in [-0.4, -0.2) is 25.1 Å². The van der Waals surface area contributed by atoms with Crippen LogP contribution in [0.3, 0.4) is 0 Å².